The average Bonchev–Trinajstić information content (AvgIpc) is 3.63. The van der Waals surface area contributed by atoms with E-state index in [0.29, 0.717) is 77.5 Å². The van der Waals surface area contributed by atoms with Crippen molar-refractivity contribution in [2.24, 2.45) is 10.8 Å². The largest absolute Gasteiger partial charge is 0.493 e. The van der Waals surface area contributed by atoms with E-state index < -0.39 is 0 Å². The van der Waals surface area contributed by atoms with Gasteiger partial charge in [0.1, 0.15) is 30.5 Å². The van der Waals surface area contributed by atoms with Crippen LogP contribution in [0.1, 0.15) is 89.8 Å². The molecule has 9 nitrogen and oxygen atoms in total. The molecule has 0 spiro atoms. The highest BCUT2D eigenvalue weighted by Crippen LogP contribution is 2.45. The summed E-state index contributed by atoms with van der Waals surface area (Å²) >= 11 is 6.86. The van der Waals surface area contributed by atoms with Crippen molar-refractivity contribution in [3.05, 3.63) is 119 Å². The van der Waals surface area contributed by atoms with Crippen LogP contribution in [0.15, 0.2) is 102 Å². The maximum Gasteiger partial charge on any atom is 0.306 e. The molecular formula is C46H55ClN2O7. The molecule has 5 rings (SSSR count). The van der Waals surface area contributed by atoms with Gasteiger partial charge >= 0.3 is 5.97 Å². The summed E-state index contributed by atoms with van der Waals surface area (Å²) in [6.45, 7) is 17.8. The van der Waals surface area contributed by atoms with Gasteiger partial charge in [-0.1, -0.05) is 131 Å². The zero-order valence-corrected chi connectivity index (χ0v) is 34.6. The second-order valence-corrected chi connectivity index (χ2v) is 15.1. The Balaban J connectivity index is 0.00000342. The first-order valence-corrected chi connectivity index (χ1v) is 19.6. The number of halogens is 1. The molecule has 0 saturated heterocycles. The van der Waals surface area contributed by atoms with Crippen LogP contribution in [0.5, 0.6) is 17.2 Å². The first-order valence-electron chi connectivity index (χ1n) is 19.2. The number of hydrogen-bond donors (Lipinski definition) is 1. The molecule has 298 valence electrons. The lowest BCUT2D eigenvalue weighted by Gasteiger charge is -2.34. The van der Waals surface area contributed by atoms with Crippen molar-refractivity contribution in [3.63, 3.8) is 0 Å². The van der Waals surface area contributed by atoms with Gasteiger partial charge in [-0.2, -0.15) is 0 Å². The molecular weight excluding hydrogens is 728 g/mol. The van der Waals surface area contributed by atoms with Crippen LogP contribution < -0.4 is 19.5 Å². The van der Waals surface area contributed by atoms with Crippen LogP contribution in [-0.2, 0) is 22.7 Å². The van der Waals surface area contributed by atoms with Crippen LogP contribution in [0.4, 0.5) is 0 Å². The second-order valence-electron chi connectivity index (χ2n) is 14.7. The van der Waals surface area contributed by atoms with Crippen molar-refractivity contribution in [2.45, 2.75) is 81.4 Å². The van der Waals surface area contributed by atoms with Crippen LogP contribution in [0.25, 0.3) is 22.5 Å². The predicted octanol–water partition coefficient (Wildman–Crippen LogP) is 11.4. The molecule has 1 aromatic heterocycles. The highest BCUT2D eigenvalue weighted by molar-refractivity contribution is 6.32. The van der Waals surface area contributed by atoms with Gasteiger partial charge in [-0.3, -0.25) is 9.59 Å². The first kappa shape index (κ1) is 43.4. The minimum atomic E-state index is -0.379. The topological polar surface area (TPSA) is 109 Å². The van der Waals surface area contributed by atoms with E-state index in [-0.39, 0.29) is 35.0 Å². The van der Waals surface area contributed by atoms with Crippen LogP contribution in [0, 0.1) is 10.8 Å². The van der Waals surface area contributed by atoms with E-state index in [4.69, 9.17) is 35.1 Å². The molecule has 0 fully saturated rings. The van der Waals surface area contributed by atoms with Crippen molar-refractivity contribution in [1.29, 1.82) is 0 Å². The lowest BCUT2D eigenvalue weighted by atomic mass is 9.74. The molecule has 0 saturated carbocycles. The van der Waals surface area contributed by atoms with E-state index in [2.05, 4.69) is 38.2 Å². The molecule has 0 bridgehead atoms. The molecule has 0 aliphatic carbocycles. The number of hydrogen-bond acceptors (Lipinski definition) is 8. The standard InChI is InChI=1S/C44H49ClN2O7.C2H6/c1-7-46-42(49)40-39(32-19-21-33(22-20-32)53-29-44(5,6)28-43(3,4)25-38(48)50-8-2)41(54-47-40)34-23-35(45)37(52-27-31-17-13-10-14-18-31)24-36(34)51-26-30-15-11-9-12-16-30;1-2/h9-24H,7-8,25-29H2,1-6H3,(H,46,49);1-2H3. The van der Waals surface area contributed by atoms with Crippen LogP contribution in [0.3, 0.4) is 0 Å². The van der Waals surface area contributed by atoms with Gasteiger partial charge in [0.15, 0.2) is 11.5 Å². The molecule has 0 unspecified atom stereocenters. The van der Waals surface area contributed by atoms with Gasteiger partial charge in [0, 0.05) is 12.6 Å². The zero-order valence-electron chi connectivity index (χ0n) is 33.9. The number of ether oxygens (including phenoxy) is 4. The van der Waals surface area contributed by atoms with E-state index in [0.717, 1.165) is 17.5 Å². The summed E-state index contributed by atoms with van der Waals surface area (Å²) in [5.74, 6) is 1.28. The fraction of sp³-hybridized carbons (Fsp3) is 0.370. The lowest BCUT2D eigenvalue weighted by molar-refractivity contribution is -0.145. The monoisotopic (exact) mass is 782 g/mol. The lowest BCUT2D eigenvalue weighted by Crippen LogP contribution is -2.30. The average molecular weight is 783 g/mol. The third-order valence-corrected chi connectivity index (χ3v) is 8.95. The Morgan fingerprint density at radius 2 is 1.36 bits per heavy atom. The molecule has 0 radical (unpaired) electrons. The summed E-state index contributed by atoms with van der Waals surface area (Å²) in [5, 5.41) is 7.43. The number of benzene rings is 4. The van der Waals surface area contributed by atoms with Crippen LogP contribution in [-0.4, -0.2) is 36.8 Å². The predicted molar refractivity (Wildman–Crippen MR) is 222 cm³/mol. The Kier molecular flexibility index (Phi) is 16.0. The maximum atomic E-state index is 13.4. The molecule has 0 aliphatic heterocycles. The number of aromatic nitrogens is 1. The number of amides is 1. The molecule has 0 aliphatic rings. The van der Waals surface area contributed by atoms with Gasteiger partial charge in [-0.05, 0) is 66.0 Å². The molecule has 10 heteroatoms. The Labute approximate surface area is 336 Å². The minimum Gasteiger partial charge on any atom is -0.493 e. The third kappa shape index (κ3) is 12.4. The smallest absolute Gasteiger partial charge is 0.306 e. The maximum absolute atomic E-state index is 13.4. The zero-order chi connectivity index (χ0) is 40.7. The SMILES string of the molecule is CC.CCNC(=O)c1noc(-c2cc(Cl)c(OCc3ccccc3)cc2OCc2ccccc2)c1-c1ccc(OCC(C)(C)CC(C)(C)CC(=O)OCC)cc1. The van der Waals surface area contributed by atoms with Gasteiger partial charge in [-0.25, -0.2) is 0 Å². The number of rotatable bonds is 18. The molecule has 0 atom stereocenters. The highest BCUT2D eigenvalue weighted by Gasteiger charge is 2.32. The summed E-state index contributed by atoms with van der Waals surface area (Å²) < 4.78 is 30.0. The van der Waals surface area contributed by atoms with Crippen molar-refractivity contribution in [1.82, 2.24) is 10.5 Å². The Morgan fingerprint density at radius 3 is 1.93 bits per heavy atom. The fourth-order valence-electron chi connectivity index (χ4n) is 6.56. The van der Waals surface area contributed by atoms with E-state index in [1.54, 1.807) is 12.1 Å². The van der Waals surface area contributed by atoms with Crippen LogP contribution in [0.2, 0.25) is 5.02 Å². The van der Waals surface area contributed by atoms with E-state index >= 15 is 0 Å². The van der Waals surface area contributed by atoms with Crippen molar-refractivity contribution in [2.75, 3.05) is 19.8 Å². The second kappa shape index (κ2) is 20.6. The van der Waals surface area contributed by atoms with E-state index in [9.17, 15) is 9.59 Å². The van der Waals surface area contributed by atoms with Gasteiger partial charge in [0.2, 0.25) is 0 Å². The summed E-state index contributed by atoms with van der Waals surface area (Å²) in [5.41, 5.74) is 3.26. The third-order valence-electron chi connectivity index (χ3n) is 8.66. The quantitative estimate of drug-likeness (QED) is 0.0875. The molecule has 56 heavy (non-hydrogen) atoms. The van der Waals surface area contributed by atoms with Crippen LogP contribution >= 0.6 is 11.6 Å². The molecule has 4 aromatic carbocycles. The Morgan fingerprint density at radius 1 is 0.768 bits per heavy atom. The van der Waals surface area contributed by atoms with Crippen molar-refractivity contribution < 1.29 is 33.1 Å². The van der Waals surface area contributed by atoms with Crippen molar-refractivity contribution in [3.8, 4) is 39.7 Å². The van der Waals surface area contributed by atoms with E-state index in [1.165, 1.54) is 0 Å². The minimum absolute atomic E-state index is 0.125. The molecule has 1 amide bonds. The summed E-state index contributed by atoms with van der Waals surface area (Å²) in [6.07, 6.45) is 1.09. The summed E-state index contributed by atoms with van der Waals surface area (Å²) in [7, 11) is 0. The van der Waals surface area contributed by atoms with Gasteiger partial charge in [0.05, 0.1) is 35.8 Å². The normalized spacial score (nSPS) is 11.2. The fourth-order valence-corrected chi connectivity index (χ4v) is 6.78. The van der Waals surface area contributed by atoms with E-state index in [1.807, 2.05) is 113 Å². The van der Waals surface area contributed by atoms with Gasteiger partial charge in [-0.15, -0.1) is 0 Å². The van der Waals surface area contributed by atoms with Crippen molar-refractivity contribution >= 4 is 23.5 Å². The van der Waals surface area contributed by atoms with Gasteiger partial charge in [0.25, 0.3) is 5.91 Å². The number of nitrogens with one attached hydrogen (secondary N) is 1. The number of esters is 1. The summed E-state index contributed by atoms with van der Waals surface area (Å²) in [6, 6.07) is 30.5. The number of carbonyl (C=O) groups is 2. The summed E-state index contributed by atoms with van der Waals surface area (Å²) in [4.78, 5) is 25.5. The molecule has 5 aromatic rings. The molecule has 1 N–H and O–H groups in total. The van der Waals surface area contributed by atoms with Gasteiger partial charge < -0.3 is 28.8 Å². The first-order chi connectivity index (χ1) is 26.9. The number of nitrogens with zero attached hydrogens (tertiary/aromatic N) is 1. The molecule has 1 heterocycles. The Hall–Kier alpha value is -5.28. The Bertz CT molecular complexity index is 1990. The highest BCUT2D eigenvalue weighted by atomic mass is 35.5. The number of carbonyl (C=O) groups excluding carboxylic acids is 2.